The maximum atomic E-state index is 13.2. The zero-order valence-electron chi connectivity index (χ0n) is 13.3. The van der Waals surface area contributed by atoms with Crippen molar-refractivity contribution in [3.63, 3.8) is 0 Å². The molecule has 0 radical (unpaired) electrons. The van der Waals surface area contributed by atoms with Gasteiger partial charge in [0.15, 0.2) is 0 Å². The molecule has 7 fully saturated rings. The Balaban J connectivity index is 1.50. The number of hydrogen-bond donors (Lipinski definition) is 0. The number of carbonyl (C=O) groups excluding carboxylic acids is 2. The van der Waals surface area contributed by atoms with Gasteiger partial charge in [-0.3, -0.25) is 9.59 Å². The van der Waals surface area contributed by atoms with Crippen LogP contribution in [0.2, 0.25) is 0 Å². The van der Waals surface area contributed by atoms with E-state index in [1.165, 1.54) is 6.42 Å². The SMILES string of the molecule is O=C1O[C@@H]2C[C@@]34C(=O)OC5(CCCCC5)O[C@@H]3[C@@]23CCCC[C@@]134. The van der Waals surface area contributed by atoms with Gasteiger partial charge in [-0.1, -0.05) is 19.3 Å². The molecule has 0 amide bonds. The summed E-state index contributed by atoms with van der Waals surface area (Å²) < 4.78 is 18.2. The number of hydrogen-bond acceptors (Lipinski definition) is 5. The maximum absolute atomic E-state index is 13.2. The fourth-order valence-electron chi connectivity index (χ4n) is 7.42. The molecule has 5 nitrogen and oxygen atoms in total. The van der Waals surface area contributed by atoms with Gasteiger partial charge in [0.1, 0.15) is 11.5 Å². The van der Waals surface area contributed by atoms with Gasteiger partial charge in [-0.2, -0.15) is 0 Å². The summed E-state index contributed by atoms with van der Waals surface area (Å²) in [6.07, 6.45) is 9.02. The van der Waals surface area contributed by atoms with Gasteiger partial charge in [0, 0.05) is 19.3 Å². The first-order valence-corrected chi connectivity index (χ1v) is 9.24. The summed E-state index contributed by atoms with van der Waals surface area (Å²) in [7, 11) is 0. The summed E-state index contributed by atoms with van der Waals surface area (Å²) in [5, 5.41) is 0. The van der Waals surface area contributed by atoms with Crippen LogP contribution in [-0.4, -0.2) is 29.9 Å². The number of esters is 2. The Bertz CT molecular complexity index is 637. The molecule has 0 N–H and O–H groups in total. The molecule has 7 aliphatic rings. The summed E-state index contributed by atoms with van der Waals surface area (Å²) in [6, 6.07) is 0. The van der Waals surface area contributed by atoms with Crippen molar-refractivity contribution in [1.82, 2.24) is 0 Å². The van der Waals surface area contributed by atoms with Crippen LogP contribution in [0, 0.1) is 16.2 Å². The van der Waals surface area contributed by atoms with Crippen molar-refractivity contribution in [3.8, 4) is 0 Å². The summed E-state index contributed by atoms with van der Waals surface area (Å²) >= 11 is 0. The minimum Gasteiger partial charge on any atom is -0.461 e. The number of carbonyl (C=O) groups is 2. The van der Waals surface area contributed by atoms with Gasteiger partial charge >= 0.3 is 11.9 Å². The Morgan fingerprint density at radius 2 is 1.61 bits per heavy atom. The molecule has 2 heterocycles. The molecule has 5 aliphatic carbocycles. The fourth-order valence-corrected chi connectivity index (χ4v) is 7.42. The quantitative estimate of drug-likeness (QED) is 0.642. The molecule has 5 heteroatoms. The normalized spacial score (nSPS) is 54.8. The highest BCUT2D eigenvalue weighted by Crippen LogP contribution is 2.88. The highest BCUT2D eigenvalue weighted by atomic mass is 16.7. The monoisotopic (exact) mass is 318 g/mol. The van der Waals surface area contributed by atoms with E-state index in [0.29, 0.717) is 6.42 Å². The molecule has 2 aliphatic heterocycles. The lowest BCUT2D eigenvalue weighted by Crippen LogP contribution is -2.80. The Hall–Kier alpha value is -1.10. The van der Waals surface area contributed by atoms with E-state index >= 15 is 0 Å². The Morgan fingerprint density at radius 3 is 2.43 bits per heavy atom. The highest BCUT2D eigenvalue weighted by molar-refractivity contribution is 5.98. The van der Waals surface area contributed by atoms with Crippen molar-refractivity contribution in [2.45, 2.75) is 82.2 Å². The molecule has 0 aromatic carbocycles. The van der Waals surface area contributed by atoms with Crippen LogP contribution in [0.1, 0.15) is 64.2 Å². The highest BCUT2D eigenvalue weighted by Gasteiger charge is 2.99. The van der Waals surface area contributed by atoms with E-state index in [0.717, 1.165) is 51.4 Å². The van der Waals surface area contributed by atoms with E-state index in [1.54, 1.807) is 0 Å². The first-order valence-electron chi connectivity index (χ1n) is 9.24. The van der Waals surface area contributed by atoms with Crippen LogP contribution in [0.4, 0.5) is 0 Å². The lowest BCUT2D eigenvalue weighted by molar-refractivity contribution is -0.386. The van der Waals surface area contributed by atoms with Gasteiger partial charge < -0.3 is 14.2 Å². The van der Waals surface area contributed by atoms with Crippen LogP contribution < -0.4 is 0 Å². The van der Waals surface area contributed by atoms with Gasteiger partial charge in [0.05, 0.1) is 16.9 Å². The van der Waals surface area contributed by atoms with Gasteiger partial charge in [-0.05, 0) is 25.7 Å². The van der Waals surface area contributed by atoms with Crippen molar-refractivity contribution in [2.24, 2.45) is 16.2 Å². The van der Waals surface area contributed by atoms with Crippen LogP contribution in [0.15, 0.2) is 0 Å². The topological polar surface area (TPSA) is 61.8 Å². The third kappa shape index (κ3) is 1.04. The standard InChI is InChI=1S/C18H22O5/c19-13-17-10-11-16(8-4-5-9-18(16,17)14(20)21-11)12(17)22-15(23-13)6-2-1-3-7-15/h11-12H,1-10H2/t11-,12-,16-,17+,18-/m1/s1. The van der Waals surface area contributed by atoms with E-state index in [-0.39, 0.29) is 29.6 Å². The number of ether oxygens (including phenoxy) is 3. The van der Waals surface area contributed by atoms with Gasteiger partial charge in [-0.15, -0.1) is 0 Å². The lowest BCUT2D eigenvalue weighted by Gasteiger charge is -2.69. The molecular formula is C18H22O5. The van der Waals surface area contributed by atoms with Crippen molar-refractivity contribution in [2.75, 3.05) is 0 Å². The Morgan fingerprint density at radius 1 is 0.870 bits per heavy atom. The maximum Gasteiger partial charge on any atom is 0.318 e. The van der Waals surface area contributed by atoms with Crippen molar-refractivity contribution in [1.29, 1.82) is 0 Å². The predicted octanol–water partition coefficient (Wildman–Crippen LogP) is 2.46. The van der Waals surface area contributed by atoms with E-state index in [2.05, 4.69) is 0 Å². The second-order valence-electron chi connectivity index (χ2n) is 8.58. The summed E-state index contributed by atoms with van der Waals surface area (Å²) in [4.78, 5) is 25.9. The molecule has 3 spiro atoms. The van der Waals surface area contributed by atoms with E-state index in [1.807, 2.05) is 0 Å². The van der Waals surface area contributed by atoms with Crippen LogP contribution in [0.25, 0.3) is 0 Å². The third-order valence-corrected chi connectivity index (χ3v) is 8.13. The van der Waals surface area contributed by atoms with Crippen LogP contribution in [0.3, 0.4) is 0 Å². The minimum atomic E-state index is -0.740. The zero-order chi connectivity index (χ0) is 15.5. The molecule has 0 aromatic rings. The third-order valence-electron chi connectivity index (χ3n) is 8.13. The molecular weight excluding hydrogens is 296 g/mol. The van der Waals surface area contributed by atoms with E-state index < -0.39 is 16.6 Å². The minimum absolute atomic E-state index is 0.133. The van der Waals surface area contributed by atoms with Gasteiger partial charge in [-0.25, -0.2) is 0 Å². The zero-order valence-corrected chi connectivity index (χ0v) is 13.3. The molecule has 4 bridgehead atoms. The second kappa shape index (κ2) is 3.61. The lowest BCUT2D eigenvalue weighted by atomic mass is 9.36. The molecule has 7 rings (SSSR count). The number of rotatable bonds is 0. The smallest absolute Gasteiger partial charge is 0.318 e. The molecule has 5 saturated carbocycles. The molecule has 5 atom stereocenters. The van der Waals surface area contributed by atoms with Crippen molar-refractivity contribution >= 4 is 11.9 Å². The Labute approximate surface area is 135 Å². The van der Waals surface area contributed by atoms with Crippen LogP contribution in [0.5, 0.6) is 0 Å². The largest absolute Gasteiger partial charge is 0.461 e. The summed E-state index contributed by atoms with van der Waals surface area (Å²) in [6.45, 7) is 0. The average molecular weight is 318 g/mol. The van der Waals surface area contributed by atoms with Gasteiger partial charge in [0.25, 0.3) is 0 Å². The van der Waals surface area contributed by atoms with Crippen molar-refractivity contribution in [3.05, 3.63) is 0 Å². The summed E-state index contributed by atoms with van der Waals surface area (Å²) in [5.41, 5.74) is -1.62. The van der Waals surface area contributed by atoms with Gasteiger partial charge in [0.2, 0.25) is 5.79 Å². The van der Waals surface area contributed by atoms with Crippen molar-refractivity contribution < 1.29 is 23.8 Å². The van der Waals surface area contributed by atoms with E-state index in [4.69, 9.17) is 14.2 Å². The van der Waals surface area contributed by atoms with Crippen LogP contribution in [-0.2, 0) is 23.8 Å². The first kappa shape index (κ1) is 13.2. The summed E-state index contributed by atoms with van der Waals surface area (Å²) in [5.74, 6) is -1.03. The molecule has 0 aromatic heterocycles. The first-order chi connectivity index (χ1) is 11.1. The molecule has 2 saturated heterocycles. The fraction of sp³-hybridized carbons (Fsp3) is 0.889. The van der Waals surface area contributed by atoms with E-state index in [9.17, 15) is 9.59 Å². The Kier molecular flexibility index (Phi) is 2.07. The molecule has 0 unspecified atom stereocenters. The predicted molar refractivity (Wildman–Crippen MR) is 77.0 cm³/mol. The van der Waals surface area contributed by atoms with Crippen LogP contribution >= 0.6 is 0 Å². The molecule has 23 heavy (non-hydrogen) atoms. The second-order valence-corrected chi connectivity index (χ2v) is 8.58. The average Bonchev–Trinajstić information content (AvgIpc) is 3.06. The molecule has 124 valence electrons.